The van der Waals surface area contributed by atoms with Gasteiger partial charge in [-0.25, -0.2) is 4.98 Å². The molecular formula is C30H25N3O4. The van der Waals surface area contributed by atoms with Gasteiger partial charge in [0.1, 0.15) is 0 Å². The highest BCUT2D eigenvalue weighted by molar-refractivity contribution is 6.15. The van der Waals surface area contributed by atoms with Crippen molar-refractivity contribution in [2.75, 3.05) is 26.2 Å². The lowest BCUT2D eigenvalue weighted by molar-refractivity contribution is 0.0827. The molecule has 3 aromatic carbocycles. The van der Waals surface area contributed by atoms with Crippen LogP contribution in [-0.2, 0) is 6.42 Å². The molecule has 2 heterocycles. The van der Waals surface area contributed by atoms with Crippen LogP contribution in [0.25, 0.3) is 22.6 Å². The number of nitrogens with one attached hydrogen (secondary N) is 1. The summed E-state index contributed by atoms with van der Waals surface area (Å²) in [6.07, 6.45) is 3.60. The molecule has 0 atom stereocenters. The van der Waals surface area contributed by atoms with Crippen LogP contribution in [0.15, 0.2) is 66.7 Å². The Bertz CT molecular complexity index is 1610. The Morgan fingerprint density at radius 1 is 0.946 bits per heavy atom. The second-order valence-electron chi connectivity index (χ2n) is 9.35. The minimum atomic E-state index is -0.214. The first-order valence-electron chi connectivity index (χ1n) is 12.1. The Morgan fingerprint density at radius 2 is 1.78 bits per heavy atom. The molecule has 0 fully saturated rings. The van der Waals surface area contributed by atoms with Gasteiger partial charge in [0.2, 0.25) is 6.79 Å². The van der Waals surface area contributed by atoms with Crippen LogP contribution < -0.4 is 14.8 Å². The average molecular weight is 492 g/mol. The minimum Gasteiger partial charge on any atom is -0.454 e. The molecule has 0 spiro atoms. The fraction of sp³-hybridized carbons (Fsp3) is 0.167. The molecule has 2 amide bonds. The van der Waals surface area contributed by atoms with Crippen LogP contribution >= 0.6 is 0 Å². The van der Waals surface area contributed by atoms with Gasteiger partial charge < -0.3 is 19.7 Å². The summed E-state index contributed by atoms with van der Waals surface area (Å²) in [5.41, 5.74) is 6.33. The maximum Gasteiger partial charge on any atom is 0.256 e. The highest BCUT2D eigenvalue weighted by Gasteiger charge is 2.27. The number of hydrogen-bond acceptors (Lipinski definition) is 5. The normalized spacial score (nSPS) is 14.6. The van der Waals surface area contributed by atoms with Crippen LogP contribution in [0, 0.1) is 0 Å². The second-order valence-corrected chi connectivity index (χ2v) is 9.35. The van der Waals surface area contributed by atoms with Gasteiger partial charge in [0.15, 0.2) is 11.5 Å². The first-order valence-corrected chi connectivity index (χ1v) is 12.1. The monoisotopic (exact) mass is 491 g/mol. The Kier molecular flexibility index (Phi) is 5.60. The third-order valence-corrected chi connectivity index (χ3v) is 6.68. The number of para-hydroxylation sites is 1. The number of hydrogen-bond donors (Lipinski definition) is 1. The molecule has 7 nitrogen and oxygen atoms in total. The molecule has 0 radical (unpaired) electrons. The number of ether oxygens (including phenoxy) is 2. The topological polar surface area (TPSA) is 80.8 Å². The number of rotatable bonds is 4. The summed E-state index contributed by atoms with van der Waals surface area (Å²) in [6.45, 7) is 0.233. The number of pyridine rings is 1. The van der Waals surface area contributed by atoms with E-state index in [1.54, 1.807) is 38.4 Å². The third kappa shape index (κ3) is 4.18. The van der Waals surface area contributed by atoms with Gasteiger partial charge in [-0.15, -0.1) is 0 Å². The van der Waals surface area contributed by atoms with Gasteiger partial charge in [0, 0.05) is 30.7 Å². The summed E-state index contributed by atoms with van der Waals surface area (Å²) in [5, 5.41) is 3.83. The average Bonchev–Trinajstić information content (AvgIpc) is 3.53. The number of benzene rings is 3. The molecule has 1 N–H and O–H groups in total. The Labute approximate surface area is 214 Å². The molecule has 0 saturated carbocycles. The summed E-state index contributed by atoms with van der Waals surface area (Å²) in [4.78, 5) is 32.6. The van der Waals surface area contributed by atoms with Crippen molar-refractivity contribution in [3.63, 3.8) is 0 Å². The van der Waals surface area contributed by atoms with Crippen molar-refractivity contribution in [2.45, 2.75) is 12.8 Å². The summed E-state index contributed by atoms with van der Waals surface area (Å²) in [5.74, 6) is 1.14. The van der Waals surface area contributed by atoms with Crippen LogP contribution in [0.1, 0.15) is 44.0 Å². The van der Waals surface area contributed by atoms with E-state index in [9.17, 15) is 9.59 Å². The van der Waals surface area contributed by atoms with Crippen LogP contribution in [0.2, 0.25) is 0 Å². The molecule has 1 aromatic heterocycles. The third-order valence-electron chi connectivity index (χ3n) is 6.68. The summed E-state index contributed by atoms with van der Waals surface area (Å²) in [7, 11) is 3.41. The van der Waals surface area contributed by atoms with Crippen molar-refractivity contribution in [1.29, 1.82) is 0 Å². The lowest BCUT2D eigenvalue weighted by atomic mass is 9.99. The first-order chi connectivity index (χ1) is 18.0. The zero-order valence-corrected chi connectivity index (χ0v) is 20.6. The van der Waals surface area contributed by atoms with E-state index in [-0.39, 0.29) is 18.6 Å². The number of aromatic nitrogens is 1. The van der Waals surface area contributed by atoms with E-state index >= 15 is 0 Å². The molecule has 0 saturated heterocycles. The number of allylic oxidation sites excluding steroid dienone is 1. The smallest absolute Gasteiger partial charge is 0.256 e. The van der Waals surface area contributed by atoms with E-state index in [1.807, 2.05) is 42.5 Å². The van der Waals surface area contributed by atoms with Crippen LogP contribution in [-0.4, -0.2) is 42.6 Å². The zero-order valence-electron chi connectivity index (χ0n) is 20.6. The molecule has 6 rings (SSSR count). The van der Waals surface area contributed by atoms with Crippen molar-refractivity contribution in [2.24, 2.45) is 0 Å². The number of carbonyl (C=O) groups is 2. The summed E-state index contributed by atoms with van der Waals surface area (Å²) in [6, 6.07) is 20.6. The molecule has 1 aliphatic heterocycles. The van der Waals surface area contributed by atoms with Gasteiger partial charge in [0.25, 0.3) is 11.8 Å². The van der Waals surface area contributed by atoms with E-state index in [0.29, 0.717) is 23.2 Å². The Morgan fingerprint density at radius 3 is 2.65 bits per heavy atom. The van der Waals surface area contributed by atoms with Crippen molar-refractivity contribution in [3.05, 3.63) is 94.7 Å². The van der Waals surface area contributed by atoms with E-state index in [0.717, 1.165) is 51.2 Å². The minimum absolute atomic E-state index is 0.121. The summed E-state index contributed by atoms with van der Waals surface area (Å²) >= 11 is 0. The van der Waals surface area contributed by atoms with Crippen molar-refractivity contribution < 1.29 is 19.1 Å². The molecule has 2 aliphatic rings. The van der Waals surface area contributed by atoms with Gasteiger partial charge in [-0.05, 0) is 72.0 Å². The highest BCUT2D eigenvalue weighted by Crippen LogP contribution is 2.39. The van der Waals surface area contributed by atoms with E-state index in [2.05, 4.69) is 11.4 Å². The van der Waals surface area contributed by atoms with E-state index < -0.39 is 0 Å². The lowest BCUT2D eigenvalue weighted by Gasteiger charge is -2.14. The number of nitrogens with zero attached hydrogens (tertiary/aromatic N) is 2. The molecule has 1 aliphatic carbocycles. The summed E-state index contributed by atoms with van der Waals surface area (Å²) < 4.78 is 11.0. The van der Waals surface area contributed by atoms with Crippen LogP contribution in [0.4, 0.5) is 5.69 Å². The van der Waals surface area contributed by atoms with Crippen molar-refractivity contribution in [3.8, 4) is 11.5 Å². The van der Waals surface area contributed by atoms with Crippen LogP contribution in [0.3, 0.4) is 0 Å². The predicted octanol–water partition coefficient (Wildman–Crippen LogP) is 5.40. The molecule has 0 unspecified atom stereocenters. The molecule has 4 aromatic rings. The van der Waals surface area contributed by atoms with Crippen LogP contribution in [0.5, 0.6) is 11.5 Å². The van der Waals surface area contributed by atoms with Gasteiger partial charge in [-0.3, -0.25) is 9.59 Å². The SMILES string of the molecule is CN(C)C(=O)c1cccc(NC(=O)c2c3c(nc4ccccc24)/C(=C/c2ccc4c(c2)OCO4)CC3)c1. The second kappa shape index (κ2) is 9.09. The van der Waals surface area contributed by atoms with E-state index in [1.165, 1.54) is 4.90 Å². The lowest BCUT2D eigenvalue weighted by Crippen LogP contribution is -2.22. The highest BCUT2D eigenvalue weighted by atomic mass is 16.7. The van der Waals surface area contributed by atoms with Gasteiger partial charge in [-0.2, -0.15) is 0 Å². The van der Waals surface area contributed by atoms with Gasteiger partial charge in [-0.1, -0.05) is 30.3 Å². The number of fused-ring (bicyclic) bond motifs is 3. The number of carbonyl (C=O) groups excluding carboxylic acids is 2. The van der Waals surface area contributed by atoms with Crippen molar-refractivity contribution in [1.82, 2.24) is 9.88 Å². The standard InChI is InChI=1S/C30H25N3O4/c1-33(2)30(35)20-6-5-7-21(16-20)31-29(34)27-22-8-3-4-9-24(22)32-28-19(11-12-23(27)28)14-18-10-13-25-26(15-18)37-17-36-25/h3-10,13-16H,11-12,17H2,1-2H3,(H,31,34)/b19-14+. The van der Waals surface area contributed by atoms with Crippen molar-refractivity contribution >= 4 is 40.1 Å². The Hall–Kier alpha value is -4.65. The molecule has 0 bridgehead atoms. The molecular weight excluding hydrogens is 466 g/mol. The molecule has 184 valence electrons. The zero-order chi connectivity index (χ0) is 25.5. The Balaban J connectivity index is 1.39. The number of anilines is 1. The maximum atomic E-state index is 13.7. The van der Waals surface area contributed by atoms with Gasteiger partial charge in [0.05, 0.1) is 16.8 Å². The fourth-order valence-corrected chi connectivity index (χ4v) is 4.92. The largest absolute Gasteiger partial charge is 0.454 e. The molecule has 7 heteroatoms. The van der Waals surface area contributed by atoms with Gasteiger partial charge >= 0.3 is 0 Å². The van der Waals surface area contributed by atoms with E-state index in [4.69, 9.17) is 14.5 Å². The number of amides is 2. The molecule has 37 heavy (non-hydrogen) atoms. The quantitative estimate of drug-likeness (QED) is 0.413. The first kappa shape index (κ1) is 22.8. The predicted molar refractivity (Wildman–Crippen MR) is 143 cm³/mol. The fourth-order valence-electron chi connectivity index (χ4n) is 4.92. The maximum absolute atomic E-state index is 13.7.